The van der Waals surface area contributed by atoms with Gasteiger partial charge in [0.2, 0.25) is 0 Å². The Kier molecular flexibility index (Phi) is 6.52. The fourth-order valence-electron chi connectivity index (χ4n) is 5.60. The molecule has 1 aliphatic carbocycles. The third-order valence-electron chi connectivity index (χ3n) is 7.25. The topological polar surface area (TPSA) is 72.5 Å². The molecule has 0 radical (unpaired) electrons. The SMILES string of the molecule is C=C1C[C@](C)(c2cccc(Nc3ccc(S(C)(=O)=O)cc3)c2C)CC(=O)C1C1CCOCC1. The number of rotatable bonds is 5. The zero-order valence-electron chi connectivity index (χ0n) is 19.7. The smallest absolute Gasteiger partial charge is 0.175 e. The van der Waals surface area contributed by atoms with Gasteiger partial charge >= 0.3 is 0 Å². The van der Waals surface area contributed by atoms with E-state index in [4.69, 9.17) is 4.74 Å². The molecule has 33 heavy (non-hydrogen) atoms. The Labute approximate surface area is 197 Å². The second-order valence-corrected chi connectivity index (χ2v) is 11.9. The standard InChI is InChI=1S/C27H33NO4S/c1-18-16-27(3,17-25(29)26(18)20-12-14-32-15-13-20)23-6-5-7-24(19(23)2)28-21-8-10-22(11-9-21)33(4,30)31/h5-11,20,26,28H,1,12-17H2,2-4H3/t26?,27-/m0/s1. The molecule has 6 heteroatoms. The second kappa shape index (κ2) is 9.07. The molecule has 5 nitrogen and oxygen atoms in total. The molecule has 0 bridgehead atoms. The van der Waals surface area contributed by atoms with Gasteiger partial charge in [-0.3, -0.25) is 4.79 Å². The number of carbonyl (C=O) groups excluding carboxylic acids is 1. The van der Waals surface area contributed by atoms with Crippen molar-refractivity contribution in [3.8, 4) is 0 Å². The van der Waals surface area contributed by atoms with E-state index in [1.807, 2.05) is 12.1 Å². The van der Waals surface area contributed by atoms with Crippen LogP contribution < -0.4 is 5.32 Å². The summed E-state index contributed by atoms with van der Waals surface area (Å²) in [5, 5.41) is 3.41. The highest BCUT2D eigenvalue weighted by Gasteiger charge is 2.43. The molecule has 1 unspecified atom stereocenters. The van der Waals surface area contributed by atoms with E-state index in [-0.39, 0.29) is 11.3 Å². The fourth-order valence-corrected chi connectivity index (χ4v) is 6.23. The van der Waals surface area contributed by atoms with Crippen LogP contribution in [0.25, 0.3) is 0 Å². The Morgan fingerprint density at radius 2 is 1.73 bits per heavy atom. The average molecular weight is 468 g/mol. The van der Waals surface area contributed by atoms with E-state index in [1.165, 1.54) is 6.26 Å². The number of carbonyl (C=O) groups is 1. The minimum absolute atomic E-state index is 0.0445. The quantitative estimate of drug-likeness (QED) is 0.599. The minimum atomic E-state index is -3.23. The summed E-state index contributed by atoms with van der Waals surface area (Å²) in [7, 11) is -3.23. The summed E-state index contributed by atoms with van der Waals surface area (Å²) in [6.07, 6.45) is 4.39. The molecule has 1 saturated heterocycles. The lowest BCUT2D eigenvalue weighted by Crippen LogP contribution is -2.41. The van der Waals surface area contributed by atoms with Gasteiger partial charge in [0.15, 0.2) is 9.84 Å². The maximum atomic E-state index is 13.3. The summed E-state index contributed by atoms with van der Waals surface area (Å²) in [4.78, 5) is 13.6. The van der Waals surface area contributed by atoms with Crippen molar-refractivity contribution in [2.45, 2.75) is 49.8 Å². The number of ether oxygens (including phenoxy) is 1. The summed E-state index contributed by atoms with van der Waals surface area (Å²) >= 11 is 0. The van der Waals surface area contributed by atoms with Crippen molar-refractivity contribution in [2.75, 3.05) is 24.8 Å². The van der Waals surface area contributed by atoms with Crippen LogP contribution in [0, 0.1) is 18.8 Å². The Morgan fingerprint density at radius 1 is 1.06 bits per heavy atom. The third kappa shape index (κ3) is 4.92. The lowest BCUT2D eigenvalue weighted by molar-refractivity contribution is -0.127. The van der Waals surface area contributed by atoms with E-state index >= 15 is 0 Å². The largest absolute Gasteiger partial charge is 0.381 e. The molecule has 0 spiro atoms. The lowest BCUT2D eigenvalue weighted by atomic mass is 9.61. The number of ketones is 1. The van der Waals surface area contributed by atoms with E-state index in [1.54, 1.807) is 24.3 Å². The molecule has 2 aromatic carbocycles. The molecule has 4 rings (SSSR count). The first kappa shape index (κ1) is 23.7. The van der Waals surface area contributed by atoms with E-state index in [9.17, 15) is 13.2 Å². The third-order valence-corrected chi connectivity index (χ3v) is 8.38. The Morgan fingerprint density at radius 3 is 2.33 bits per heavy atom. The molecule has 1 aliphatic heterocycles. The Bertz CT molecular complexity index is 1140. The number of nitrogens with one attached hydrogen (secondary N) is 1. The van der Waals surface area contributed by atoms with Crippen molar-refractivity contribution in [3.63, 3.8) is 0 Å². The monoisotopic (exact) mass is 467 g/mol. The Balaban J connectivity index is 1.57. The second-order valence-electron chi connectivity index (χ2n) is 9.87. The van der Waals surface area contributed by atoms with E-state index in [0.717, 1.165) is 60.6 Å². The van der Waals surface area contributed by atoms with Crippen LogP contribution >= 0.6 is 0 Å². The summed E-state index contributed by atoms with van der Waals surface area (Å²) < 4.78 is 28.9. The van der Waals surface area contributed by atoms with Crippen LogP contribution in [0.5, 0.6) is 0 Å². The van der Waals surface area contributed by atoms with Gasteiger partial charge in [-0.05, 0) is 73.6 Å². The van der Waals surface area contributed by atoms with Crippen molar-refractivity contribution in [2.24, 2.45) is 11.8 Å². The normalized spacial score (nSPS) is 24.6. The average Bonchev–Trinajstić information content (AvgIpc) is 2.75. The molecule has 1 N–H and O–H groups in total. The zero-order chi connectivity index (χ0) is 23.8. The number of Topliss-reactive ketones (excluding diaryl/α,β-unsaturated/α-hetero) is 1. The van der Waals surface area contributed by atoms with Gasteiger partial charge in [0.25, 0.3) is 0 Å². The molecule has 1 heterocycles. The maximum Gasteiger partial charge on any atom is 0.175 e. The summed E-state index contributed by atoms with van der Waals surface area (Å²) in [5.74, 6) is 0.610. The predicted octanol–water partition coefficient (Wildman–Crippen LogP) is 5.36. The van der Waals surface area contributed by atoms with Gasteiger partial charge in [-0.15, -0.1) is 0 Å². The van der Waals surface area contributed by atoms with Crippen LogP contribution in [0.2, 0.25) is 0 Å². The van der Waals surface area contributed by atoms with Gasteiger partial charge in [0, 0.05) is 48.6 Å². The van der Waals surface area contributed by atoms with Gasteiger partial charge in [0.05, 0.1) is 4.90 Å². The molecule has 176 valence electrons. The first-order valence-corrected chi connectivity index (χ1v) is 13.4. The van der Waals surface area contributed by atoms with Crippen LogP contribution in [0.15, 0.2) is 59.5 Å². The van der Waals surface area contributed by atoms with Crippen LogP contribution in [-0.4, -0.2) is 33.7 Å². The molecule has 1 saturated carbocycles. The van der Waals surface area contributed by atoms with Crippen LogP contribution in [-0.2, 0) is 24.8 Å². The van der Waals surface area contributed by atoms with E-state index in [2.05, 4.69) is 31.8 Å². The molecule has 0 aromatic heterocycles. The van der Waals surface area contributed by atoms with Crippen molar-refractivity contribution in [1.29, 1.82) is 0 Å². The van der Waals surface area contributed by atoms with Crippen LogP contribution in [0.4, 0.5) is 11.4 Å². The molecule has 0 amide bonds. The predicted molar refractivity (Wildman–Crippen MR) is 132 cm³/mol. The van der Waals surface area contributed by atoms with Crippen molar-refractivity contribution >= 4 is 27.0 Å². The van der Waals surface area contributed by atoms with Gasteiger partial charge in [-0.2, -0.15) is 0 Å². The molecule has 2 aromatic rings. The maximum absolute atomic E-state index is 13.3. The highest BCUT2D eigenvalue weighted by atomic mass is 32.2. The van der Waals surface area contributed by atoms with Crippen molar-refractivity contribution in [1.82, 2.24) is 0 Å². The van der Waals surface area contributed by atoms with Crippen molar-refractivity contribution < 1.29 is 17.9 Å². The number of hydrogen-bond donors (Lipinski definition) is 1. The number of benzene rings is 2. The lowest BCUT2D eigenvalue weighted by Gasteiger charge is -2.42. The van der Waals surface area contributed by atoms with Gasteiger partial charge in [-0.1, -0.05) is 31.2 Å². The Hall–Kier alpha value is -2.44. The summed E-state index contributed by atoms with van der Waals surface area (Å²) in [5.41, 5.74) is 4.77. The zero-order valence-corrected chi connectivity index (χ0v) is 20.5. The highest BCUT2D eigenvalue weighted by molar-refractivity contribution is 7.90. The number of hydrogen-bond acceptors (Lipinski definition) is 5. The fraction of sp³-hybridized carbons (Fsp3) is 0.444. The molecular formula is C27H33NO4S. The summed E-state index contributed by atoms with van der Waals surface area (Å²) in [6.45, 7) is 10.1. The molecule has 2 fully saturated rings. The van der Waals surface area contributed by atoms with Gasteiger partial charge in [0.1, 0.15) is 5.78 Å². The molecule has 2 aliphatic rings. The molecular weight excluding hydrogens is 434 g/mol. The van der Waals surface area contributed by atoms with E-state index < -0.39 is 9.84 Å². The van der Waals surface area contributed by atoms with Crippen LogP contribution in [0.1, 0.15) is 43.7 Å². The number of anilines is 2. The number of sulfone groups is 1. The first-order valence-electron chi connectivity index (χ1n) is 11.5. The van der Waals surface area contributed by atoms with Crippen LogP contribution in [0.3, 0.4) is 0 Å². The highest BCUT2D eigenvalue weighted by Crippen LogP contribution is 2.47. The van der Waals surface area contributed by atoms with Crippen molar-refractivity contribution in [3.05, 3.63) is 65.7 Å². The molecule has 2 atom stereocenters. The minimum Gasteiger partial charge on any atom is -0.381 e. The number of allylic oxidation sites excluding steroid dienone is 1. The van der Waals surface area contributed by atoms with E-state index in [0.29, 0.717) is 23.0 Å². The first-order chi connectivity index (χ1) is 15.6. The van der Waals surface area contributed by atoms with Gasteiger partial charge in [-0.25, -0.2) is 8.42 Å². The van der Waals surface area contributed by atoms with Gasteiger partial charge < -0.3 is 10.1 Å². The summed E-state index contributed by atoms with van der Waals surface area (Å²) in [6, 6.07) is 12.9.